The Labute approximate surface area is 181 Å². The summed E-state index contributed by atoms with van der Waals surface area (Å²) in [6, 6.07) is 4.18. The molecule has 0 unspecified atom stereocenters. The van der Waals surface area contributed by atoms with Crippen LogP contribution < -0.4 is 10.2 Å². The molecule has 3 fully saturated rings. The number of esters is 1. The molecule has 0 radical (unpaired) electrons. The molecule has 9 heteroatoms. The van der Waals surface area contributed by atoms with Gasteiger partial charge in [-0.15, -0.1) is 0 Å². The molecular weight excluding hydrogens is 402 g/mol. The van der Waals surface area contributed by atoms with Gasteiger partial charge in [0.25, 0.3) is 11.6 Å². The van der Waals surface area contributed by atoms with Crippen molar-refractivity contribution in [1.82, 2.24) is 5.32 Å². The number of rotatable bonds is 7. The number of hydrogen-bond acceptors (Lipinski definition) is 7. The third-order valence-corrected chi connectivity index (χ3v) is 6.92. The van der Waals surface area contributed by atoms with Crippen LogP contribution in [0.2, 0.25) is 0 Å². The predicted molar refractivity (Wildman–Crippen MR) is 113 cm³/mol. The third kappa shape index (κ3) is 4.81. The van der Waals surface area contributed by atoms with Gasteiger partial charge in [0.1, 0.15) is 0 Å². The first-order valence-corrected chi connectivity index (χ1v) is 11.0. The third-order valence-electron chi connectivity index (χ3n) is 6.92. The number of amides is 1. The highest BCUT2D eigenvalue weighted by atomic mass is 16.6. The Morgan fingerprint density at radius 1 is 1.29 bits per heavy atom. The molecule has 3 aliphatic rings. The average molecular weight is 431 g/mol. The Kier molecular flexibility index (Phi) is 6.41. The first kappa shape index (κ1) is 21.5. The van der Waals surface area contributed by atoms with Gasteiger partial charge in [0.05, 0.1) is 29.4 Å². The van der Waals surface area contributed by atoms with Gasteiger partial charge >= 0.3 is 5.97 Å². The average Bonchev–Trinajstić information content (AvgIpc) is 3.41. The van der Waals surface area contributed by atoms with E-state index < -0.39 is 17.5 Å². The summed E-state index contributed by atoms with van der Waals surface area (Å²) in [5.74, 6) is 0.876. The maximum Gasteiger partial charge on any atom is 0.341 e. The lowest BCUT2D eigenvalue weighted by atomic mass is 9.84. The molecule has 1 saturated heterocycles. The summed E-state index contributed by atoms with van der Waals surface area (Å²) >= 11 is 0. The fraction of sp³-hybridized carbons (Fsp3) is 0.636. The van der Waals surface area contributed by atoms with Gasteiger partial charge < -0.3 is 19.7 Å². The fourth-order valence-corrected chi connectivity index (χ4v) is 5.40. The van der Waals surface area contributed by atoms with E-state index in [4.69, 9.17) is 9.47 Å². The lowest BCUT2D eigenvalue weighted by Gasteiger charge is -2.30. The van der Waals surface area contributed by atoms with Crippen LogP contribution in [0, 0.1) is 27.9 Å². The Morgan fingerprint density at radius 3 is 2.71 bits per heavy atom. The van der Waals surface area contributed by atoms with Crippen LogP contribution in [-0.4, -0.2) is 55.8 Å². The highest BCUT2D eigenvalue weighted by Crippen LogP contribution is 2.49. The Hall–Kier alpha value is -2.68. The summed E-state index contributed by atoms with van der Waals surface area (Å²) in [4.78, 5) is 37.7. The minimum Gasteiger partial charge on any atom is -0.452 e. The number of hydrogen-bond donors (Lipinski definition) is 1. The minimum atomic E-state index is -0.743. The van der Waals surface area contributed by atoms with Crippen molar-refractivity contribution in [2.45, 2.75) is 38.6 Å². The maximum atomic E-state index is 12.8. The second-order valence-corrected chi connectivity index (χ2v) is 8.83. The number of carbonyl (C=O) groups excluding carboxylic acids is 2. The number of nitro benzene ring substituents is 1. The number of anilines is 1. The van der Waals surface area contributed by atoms with Gasteiger partial charge in [-0.2, -0.15) is 0 Å². The van der Waals surface area contributed by atoms with E-state index in [2.05, 4.69) is 5.32 Å². The number of morpholine rings is 1. The molecule has 31 heavy (non-hydrogen) atoms. The monoisotopic (exact) mass is 431 g/mol. The van der Waals surface area contributed by atoms with Crippen LogP contribution >= 0.6 is 0 Å². The molecule has 2 saturated carbocycles. The largest absolute Gasteiger partial charge is 0.452 e. The molecule has 2 aliphatic carbocycles. The van der Waals surface area contributed by atoms with E-state index in [1.807, 2.05) is 11.8 Å². The van der Waals surface area contributed by atoms with Gasteiger partial charge in [-0.3, -0.25) is 14.9 Å². The normalized spacial score (nSPS) is 25.8. The molecule has 1 aromatic rings. The first-order chi connectivity index (χ1) is 14.9. The summed E-state index contributed by atoms with van der Waals surface area (Å²) in [6.45, 7) is 3.76. The van der Waals surface area contributed by atoms with Gasteiger partial charge in [-0.25, -0.2) is 4.79 Å². The molecule has 9 nitrogen and oxygen atoms in total. The first-order valence-electron chi connectivity index (χ1n) is 11.0. The molecule has 4 rings (SSSR count). The number of fused-ring (bicyclic) bond motifs is 2. The number of benzene rings is 1. The number of carbonyl (C=O) groups is 2. The molecule has 0 aromatic heterocycles. The highest BCUT2D eigenvalue weighted by molar-refractivity contribution is 5.97. The molecule has 168 valence electrons. The van der Waals surface area contributed by atoms with Crippen LogP contribution in [0.25, 0.3) is 0 Å². The number of ether oxygens (including phenoxy) is 2. The second-order valence-electron chi connectivity index (χ2n) is 8.83. The quantitative estimate of drug-likeness (QED) is 0.401. The van der Waals surface area contributed by atoms with E-state index in [1.165, 1.54) is 31.4 Å². The van der Waals surface area contributed by atoms with Gasteiger partial charge in [0.2, 0.25) is 0 Å². The van der Waals surface area contributed by atoms with Crippen LogP contribution in [0.3, 0.4) is 0 Å². The Morgan fingerprint density at radius 2 is 2.06 bits per heavy atom. The molecule has 4 atom stereocenters. The lowest BCUT2D eigenvalue weighted by Crippen LogP contribution is -2.42. The Bertz CT molecular complexity index is 854. The fourth-order valence-electron chi connectivity index (χ4n) is 5.40. The number of nitrogens with zero attached hydrogens (tertiary/aromatic N) is 2. The van der Waals surface area contributed by atoms with Crippen molar-refractivity contribution in [3.05, 3.63) is 33.9 Å². The topological polar surface area (TPSA) is 111 Å². The maximum absolute atomic E-state index is 12.8. The standard InChI is InChI=1S/C22H29N3O6/c1-14(18-11-15-2-3-16(18)10-15)23-21(26)13-31-22(27)19-12-17(25(28)29)4-5-20(19)24-6-8-30-9-7-24/h4-5,12,14-16,18H,2-3,6-11,13H2,1H3,(H,23,26)/t14-,15-,16-,18+/m0/s1. The van der Waals surface area contributed by atoms with Crippen LogP contribution in [0.15, 0.2) is 18.2 Å². The molecule has 0 spiro atoms. The number of non-ortho nitro benzene ring substituents is 1. The lowest BCUT2D eigenvalue weighted by molar-refractivity contribution is -0.384. The molecule has 1 amide bonds. The summed E-state index contributed by atoms with van der Waals surface area (Å²) in [7, 11) is 0. The van der Waals surface area contributed by atoms with Crippen LogP contribution in [0.4, 0.5) is 11.4 Å². The van der Waals surface area contributed by atoms with Crippen LogP contribution in [0.1, 0.15) is 43.0 Å². The molecule has 1 heterocycles. The number of nitrogens with one attached hydrogen (secondary N) is 1. The smallest absolute Gasteiger partial charge is 0.341 e. The SMILES string of the molecule is C[C@H](NC(=O)COC(=O)c1cc([N+](=O)[O-])ccc1N1CCOCC1)[C@H]1C[C@H]2CC[C@H]1C2. The Balaban J connectivity index is 1.38. The van der Waals surface area contributed by atoms with Gasteiger partial charge in [0.15, 0.2) is 6.61 Å². The van der Waals surface area contributed by atoms with Crippen molar-refractivity contribution in [2.75, 3.05) is 37.8 Å². The van der Waals surface area contributed by atoms with E-state index in [-0.39, 0.29) is 23.2 Å². The number of nitro groups is 1. The van der Waals surface area contributed by atoms with Gasteiger partial charge in [-0.1, -0.05) is 6.42 Å². The molecule has 1 aliphatic heterocycles. The van der Waals surface area contributed by atoms with E-state index in [0.717, 1.165) is 12.3 Å². The van der Waals surface area contributed by atoms with E-state index >= 15 is 0 Å². The zero-order valence-electron chi connectivity index (χ0n) is 17.7. The van der Waals surface area contributed by atoms with E-state index in [9.17, 15) is 19.7 Å². The minimum absolute atomic E-state index is 0.0447. The summed E-state index contributed by atoms with van der Waals surface area (Å²) in [5, 5.41) is 14.2. The van der Waals surface area contributed by atoms with Crippen molar-refractivity contribution in [2.24, 2.45) is 17.8 Å². The van der Waals surface area contributed by atoms with Crippen LogP contribution in [-0.2, 0) is 14.3 Å². The van der Waals surface area contributed by atoms with E-state index in [1.54, 1.807) is 6.07 Å². The van der Waals surface area contributed by atoms with Crippen molar-refractivity contribution in [3.63, 3.8) is 0 Å². The highest BCUT2D eigenvalue weighted by Gasteiger charge is 2.42. The second kappa shape index (κ2) is 9.21. The molecule has 1 N–H and O–H groups in total. The summed E-state index contributed by atoms with van der Waals surface area (Å²) in [6.07, 6.45) is 4.95. The molecule has 1 aromatic carbocycles. The predicted octanol–water partition coefficient (Wildman–Crippen LogP) is 2.53. The van der Waals surface area contributed by atoms with Crippen molar-refractivity contribution in [3.8, 4) is 0 Å². The van der Waals surface area contributed by atoms with Crippen LogP contribution in [0.5, 0.6) is 0 Å². The zero-order valence-corrected chi connectivity index (χ0v) is 17.7. The van der Waals surface area contributed by atoms with Gasteiger partial charge in [0, 0.05) is 31.3 Å². The van der Waals surface area contributed by atoms with Crippen molar-refractivity contribution in [1.29, 1.82) is 0 Å². The molecular formula is C22H29N3O6. The van der Waals surface area contributed by atoms with Crippen molar-refractivity contribution < 1.29 is 24.0 Å². The van der Waals surface area contributed by atoms with E-state index in [0.29, 0.717) is 43.8 Å². The zero-order chi connectivity index (χ0) is 22.0. The van der Waals surface area contributed by atoms with Gasteiger partial charge in [-0.05, 0) is 50.0 Å². The summed E-state index contributed by atoms with van der Waals surface area (Å²) < 4.78 is 10.6. The van der Waals surface area contributed by atoms with Crippen molar-refractivity contribution >= 4 is 23.3 Å². The molecule has 2 bridgehead atoms. The summed E-state index contributed by atoms with van der Waals surface area (Å²) in [5.41, 5.74) is 0.443.